The Kier molecular flexibility index (Phi) is 4.63. The van der Waals surface area contributed by atoms with E-state index in [0.29, 0.717) is 0 Å². The van der Waals surface area contributed by atoms with Crippen molar-refractivity contribution in [1.82, 2.24) is 0 Å². The van der Waals surface area contributed by atoms with Gasteiger partial charge in [-0.05, 0) is 25.3 Å². The fourth-order valence-corrected chi connectivity index (χ4v) is 1.35. The third-order valence-corrected chi connectivity index (χ3v) is 2.49. The number of hydrogen-bond acceptors (Lipinski definition) is 2. The lowest BCUT2D eigenvalue weighted by molar-refractivity contribution is -0.00393. The van der Waals surface area contributed by atoms with Gasteiger partial charge >= 0.3 is 0 Å². The Balaban J connectivity index is 2.34. The minimum Gasteiger partial charge on any atom is -0.390 e. The number of aliphatic hydroxyl groups is 1. The molecule has 0 spiro atoms. The highest BCUT2D eigenvalue weighted by molar-refractivity contribution is 5.14. The number of methoxy groups -OCH3 is 1. The number of ether oxygens (including phenoxy) is 1. The van der Waals surface area contributed by atoms with Gasteiger partial charge < -0.3 is 9.84 Å². The van der Waals surface area contributed by atoms with Crippen molar-refractivity contribution in [3.05, 3.63) is 35.9 Å². The smallest absolute Gasteiger partial charge is 0.0802 e. The normalized spacial score (nSPS) is 15.1. The molecule has 0 fully saturated rings. The zero-order chi connectivity index (χ0) is 10.4. The van der Waals surface area contributed by atoms with Crippen LogP contribution in [0, 0.1) is 0 Å². The van der Waals surface area contributed by atoms with Crippen molar-refractivity contribution in [2.45, 2.75) is 32.0 Å². The van der Waals surface area contributed by atoms with E-state index in [2.05, 4.69) is 12.1 Å². The molecule has 0 aromatic heterocycles. The van der Waals surface area contributed by atoms with Gasteiger partial charge in [0.05, 0.1) is 12.2 Å². The van der Waals surface area contributed by atoms with Gasteiger partial charge in [-0.25, -0.2) is 0 Å². The monoisotopic (exact) mass is 194 g/mol. The van der Waals surface area contributed by atoms with Crippen LogP contribution in [0.3, 0.4) is 0 Å². The maximum Gasteiger partial charge on any atom is 0.0802 e. The molecule has 78 valence electrons. The summed E-state index contributed by atoms with van der Waals surface area (Å²) in [6, 6.07) is 10.2. The van der Waals surface area contributed by atoms with Gasteiger partial charge in [0.1, 0.15) is 0 Å². The van der Waals surface area contributed by atoms with Crippen LogP contribution in [0.25, 0.3) is 0 Å². The van der Waals surface area contributed by atoms with Gasteiger partial charge in [-0.15, -0.1) is 0 Å². The lowest BCUT2D eigenvalue weighted by Gasteiger charge is -2.16. The van der Waals surface area contributed by atoms with Crippen LogP contribution < -0.4 is 0 Å². The van der Waals surface area contributed by atoms with Crippen molar-refractivity contribution < 1.29 is 9.84 Å². The summed E-state index contributed by atoms with van der Waals surface area (Å²) in [5.74, 6) is 0. The maximum atomic E-state index is 9.65. The molecule has 0 radical (unpaired) electrons. The van der Waals surface area contributed by atoms with Crippen molar-refractivity contribution in [3.63, 3.8) is 0 Å². The fourth-order valence-electron chi connectivity index (χ4n) is 1.35. The summed E-state index contributed by atoms with van der Waals surface area (Å²) >= 11 is 0. The minimum atomic E-state index is -0.375. The Bertz CT molecular complexity index is 246. The summed E-state index contributed by atoms with van der Waals surface area (Å²) in [5.41, 5.74) is 1.26. The molecule has 1 N–H and O–H groups in total. The van der Waals surface area contributed by atoms with Gasteiger partial charge in [-0.2, -0.15) is 0 Å². The molecule has 0 aliphatic heterocycles. The molecule has 2 unspecified atom stereocenters. The molecular weight excluding hydrogens is 176 g/mol. The highest BCUT2D eigenvalue weighted by Gasteiger charge is 2.12. The molecular formula is C12H18O2. The van der Waals surface area contributed by atoms with Gasteiger partial charge in [-0.3, -0.25) is 0 Å². The zero-order valence-electron chi connectivity index (χ0n) is 8.81. The third kappa shape index (κ3) is 3.48. The SMILES string of the molecule is COC(C)C(O)CCc1ccccc1. The van der Waals surface area contributed by atoms with Crippen LogP contribution >= 0.6 is 0 Å². The predicted octanol–water partition coefficient (Wildman–Crippen LogP) is 2.01. The summed E-state index contributed by atoms with van der Waals surface area (Å²) < 4.78 is 5.05. The molecule has 0 heterocycles. The van der Waals surface area contributed by atoms with Crippen molar-refractivity contribution in [2.24, 2.45) is 0 Å². The maximum absolute atomic E-state index is 9.65. The average molecular weight is 194 g/mol. The number of benzene rings is 1. The number of rotatable bonds is 5. The third-order valence-electron chi connectivity index (χ3n) is 2.49. The van der Waals surface area contributed by atoms with E-state index in [0.717, 1.165) is 12.8 Å². The minimum absolute atomic E-state index is 0.0845. The van der Waals surface area contributed by atoms with Gasteiger partial charge in [0.15, 0.2) is 0 Å². The molecule has 2 nitrogen and oxygen atoms in total. The average Bonchev–Trinajstić information content (AvgIpc) is 2.26. The summed E-state index contributed by atoms with van der Waals surface area (Å²) in [6.07, 6.45) is 1.19. The highest BCUT2D eigenvalue weighted by atomic mass is 16.5. The first-order chi connectivity index (χ1) is 6.74. The van der Waals surface area contributed by atoms with E-state index in [1.807, 2.05) is 25.1 Å². The van der Waals surface area contributed by atoms with Crippen LogP contribution in [0.15, 0.2) is 30.3 Å². The number of hydrogen-bond donors (Lipinski definition) is 1. The summed E-state index contributed by atoms with van der Waals surface area (Å²) in [5, 5.41) is 9.65. The molecule has 2 heteroatoms. The fraction of sp³-hybridized carbons (Fsp3) is 0.500. The van der Waals surface area contributed by atoms with Crippen molar-refractivity contribution in [2.75, 3.05) is 7.11 Å². The van der Waals surface area contributed by atoms with Crippen molar-refractivity contribution >= 4 is 0 Å². The van der Waals surface area contributed by atoms with Crippen LogP contribution in [0.5, 0.6) is 0 Å². The van der Waals surface area contributed by atoms with E-state index >= 15 is 0 Å². The first-order valence-corrected chi connectivity index (χ1v) is 4.99. The van der Waals surface area contributed by atoms with Crippen molar-refractivity contribution in [3.8, 4) is 0 Å². The second kappa shape index (κ2) is 5.78. The standard InChI is InChI=1S/C12H18O2/c1-10(14-2)12(13)9-8-11-6-4-3-5-7-11/h3-7,10,12-13H,8-9H2,1-2H3. The Hall–Kier alpha value is -0.860. The number of aryl methyl sites for hydroxylation is 1. The molecule has 0 saturated heterocycles. The molecule has 14 heavy (non-hydrogen) atoms. The molecule has 1 aromatic rings. The largest absolute Gasteiger partial charge is 0.390 e. The van der Waals surface area contributed by atoms with Crippen molar-refractivity contribution in [1.29, 1.82) is 0 Å². The molecule has 0 aliphatic rings. The first-order valence-electron chi connectivity index (χ1n) is 4.99. The Morgan fingerprint density at radius 3 is 2.50 bits per heavy atom. The molecule has 0 amide bonds. The van der Waals surface area contributed by atoms with Gasteiger partial charge in [0.25, 0.3) is 0 Å². The lowest BCUT2D eigenvalue weighted by Crippen LogP contribution is -2.25. The first kappa shape index (κ1) is 11.2. The quantitative estimate of drug-likeness (QED) is 0.777. The number of aliphatic hydroxyl groups excluding tert-OH is 1. The van der Waals surface area contributed by atoms with Gasteiger partial charge in [0, 0.05) is 7.11 Å². The topological polar surface area (TPSA) is 29.5 Å². The van der Waals surface area contributed by atoms with E-state index in [1.54, 1.807) is 7.11 Å². The lowest BCUT2D eigenvalue weighted by atomic mass is 10.0. The van der Waals surface area contributed by atoms with E-state index in [9.17, 15) is 5.11 Å². The molecule has 0 aliphatic carbocycles. The zero-order valence-corrected chi connectivity index (χ0v) is 8.81. The van der Waals surface area contributed by atoms with E-state index < -0.39 is 0 Å². The van der Waals surface area contributed by atoms with E-state index in [4.69, 9.17) is 4.74 Å². The van der Waals surface area contributed by atoms with Crippen LogP contribution in [-0.4, -0.2) is 24.4 Å². The Labute approximate surface area is 85.5 Å². The molecule has 1 aromatic carbocycles. The summed E-state index contributed by atoms with van der Waals surface area (Å²) in [6.45, 7) is 1.88. The molecule has 0 bridgehead atoms. The van der Waals surface area contributed by atoms with Gasteiger partial charge in [-0.1, -0.05) is 30.3 Å². The van der Waals surface area contributed by atoms with E-state index in [1.165, 1.54) is 5.56 Å². The van der Waals surface area contributed by atoms with Crippen LogP contribution in [0.4, 0.5) is 0 Å². The van der Waals surface area contributed by atoms with Gasteiger partial charge in [0.2, 0.25) is 0 Å². The van der Waals surface area contributed by atoms with Crippen LogP contribution in [0.2, 0.25) is 0 Å². The molecule has 1 rings (SSSR count). The second-order valence-electron chi connectivity index (χ2n) is 3.53. The van der Waals surface area contributed by atoms with Crippen LogP contribution in [0.1, 0.15) is 18.9 Å². The second-order valence-corrected chi connectivity index (χ2v) is 3.53. The summed E-state index contributed by atoms with van der Waals surface area (Å²) in [4.78, 5) is 0. The highest BCUT2D eigenvalue weighted by Crippen LogP contribution is 2.08. The Morgan fingerprint density at radius 1 is 1.29 bits per heavy atom. The predicted molar refractivity (Wildman–Crippen MR) is 57.2 cm³/mol. The van der Waals surface area contributed by atoms with Crippen LogP contribution in [-0.2, 0) is 11.2 Å². The summed E-state index contributed by atoms with van der Waals surface area (Å²) in [7, 11) is 1.62. The molecule has 2 atom stereocenters. The molecule has 0 saturated carbocycles. The Morgan fingerprint density at radius 2 is 1.93 bits per heavy atom. The van der Waals surface area contributed by atoms with E-state index in [-0.39, 0.29) is 12.2 Å².